The first kappa shape index (κ1) is 19.6. The Morgan fingerprint density at radius 1 is 1.31 bits per heavy atom. The van der Waals surface area contributed by atoms with E-state index in [1.165, 1.54) is 11.1 Å². The van der Waals surface area contributed by atoms with E-state index in [2.05, 4.69) is 49.3 Å². The summed E-state index contributed by atoms with van der Waals surface area (Å²) < 4.78 is 5.69. The number of nitrogens with one attached hydrogen (secondary N) is 1. The first-order valence-electron chi connectivity index (χ1n) is 9.81. The van der Waals surface area contributed by atoms with Gasteiger partial charge in [-0.25, -0.2) is 0 Å². The molecule has 0 unspecified atom stereocenters. The molecule has 0 aromatic heterocycles. The van der Waals surface area contributed by atoms with E-state index in [0.717, 1.165) is 25.3 Å². The SMILES string of the molecule is COc1ccc(C(C)C)cc1[C@H]1N[C@](CO)(CCCO)[C@H]2CN(C)C[C@@H]12. The Labute approximate surface area is 157 Å². The third kappa shape index (κ3) is 3.38. The number of fused-ring (bicyclic) bond motifs is 1. The van der Waals surface area contributed by atoms with Crippen LogP contribution in [0.2, 0.25) is 0 Å². The smallest absolute Gasteiger partial charge is 0.123 e. The lowest BCUT2D eigenvalue weighted by atomic mass is 9.78. The van der Waals surface area contributed by atoms with Gasteiger partial charge in [-0.05, 0) is 49.3 Å². The Kier molecular flexibility index (Phi) is 5.92. The van der Waals surface area contributed by atoms with Crippen molar-refractivity contribution >= 4 is 0 Å². The third-order valence-electron chi connectivity index (χ3n) is 6.45. The van der Waals surface area contributed by atoms with Crippen molar-refractivity contribution in [2.24, 2.45) is 11.8 Å². The van der Waals surface area contributed by atoms with E-state index in [4.69, 9.17) is 4.74 Å². The van der Waals surface area contributed by atoms with Gasteiger partial charge in [0.1, 0.15) is 5.75 Å². The van der Waals surface area contributed by atoms with Crippen LogP contribution in [0.5, 0.6) is 5.75 Å². The van der Waals surface area contributed by atoms with Gasteiger partial charge < -0.3 is 25.2 Å². The van der Waals surface area contributed by atoms with Gasteiger partial charge in [0.2, 0.25) is 0 Å². The van der Waals surface area contributed by atoms with Gasteiger partial charge >= 0.3 is 0 Å². The number of rotatable bonds is 7. The first-order valence-corrected chi connectivity index (χ1v) is 9.81. The van der Waals surface area contributed by atoms with Crippen molar-refractivity contribution in [3.8, 4) is 5.75 Å². The molecule has 0 spiro atoms. The summed E-state index contributed by atoms with van der Waals surface area (Å²) in [6, 6.07) is 6.65. The summed E-state index contributed by atoms with van der Waals surface area (Å²) in [6.45, 7) is 6.67. The van der Waals surface area contributed by atoms with Crippen molar-refractivity contribution < 1.29 is 14.9 Å². The maximum atomic E-state index is 10.3. The summed E-state index contributed by atoms with van der Waals surface area (Å²) in [5, 5.41) is 23.5. The first-order chi connectivity index (χ1) is 12.5. The van der Waals surface area contributed by atoms with Crippen LogP contribution < -0.4 is 10.1 Å². The zero-order chi connectivity index (χ0) is 18.9. The zero-order valence-electron chi connectivity index (χ0n) is 16.5. The van der Waals surface area contributed by atoms with Crippen LogP contribution in [0.15, 0.2) is 18.2 Å². The molecule has 5 nitrogen and oxygen atoms in total. The predicted molar refractivity (Wildman–Crippen MR) is 104 cm³/mol. The van der Waals surface area contributed by atoms with Crippen molar-refractivity contribution in [3.05, 3.63) is 29.3 Å². The van der Waals surface area contributed by atoms with Crippen LogP contribution in [0.25, 0.3) is 0 Å². The molecule has 146 valence electrons. The number of nitrogens with zero attached hydrogens (tertiary/aromatic N) is 1. The fraction of sp³-hybridized carbons (Fsp3) is 0.714. The molecule has 26 heavy (non-hydrogen) atoms. The van der Waals surface area contributed by atoms with Crippen LogP contribution >= 0.6 is 0 Å². The van der Waals surface area contributed by atoms with Gasteiger partial charge in [-0.2, -0.15) is 0 Å². The van der Waals surface area contributed by atoms with Gasteiger partial charge in [0, 0.05) is 36.8 Å². The Balaban J connectivity index is 2.01. The molecule has 1 aromatic rings. The topological polar surface area (TPSA) is 65.0 Å². The third-order valence-corrected chi connectivity index (χ3v) is 6.45. The van der Waals surface area contributed by atoms with E-state index in [0.29, 0.717) is 24.2 Å². The highest BCUT2D eigenvalue weighted by Gasteiger charge is 2.56. The van der Waals surface area contributed by atoms with E-state index in [9.17, 15) is 10.2 Å². The second-order valence-corrected chi connectivity index (χ2v) is 8.41. The molecule has 2 fully saturated rings. The fourth-order valence-electron chi connectivity index (χ4n) is 5.04. The van der Waals surface area contributed by atoms with E-state index in [1.807, 2.05) is 0 Å². The Bertz CT molecular complexity index is 621. The average Bonchev–Trinajstić information content (AvgIpc) is 3.16. The van der Waals surface area contributed by atoms with Crippen LogP contribution in [0.1, 0.15) is 49.8 Å². The molecule has 0 amide bonds. The largest absolute Gasteiger partial charge is 0.496 e. The highest BCUT2D eigenvalue weighted by atomic mass is 16.5. The summed E-state index contributed by atoms with van der Waals surface area (Å²) >= 11 is 0. The molecule has 2 saturated heterocycles. The summed E-state index contributed by atoms with van der Waals surface area (Å²) in [6.07, 6.45) is 1.49. The second kappa shape index (κ2) is 7.85. The van der Waals surface area contributed by atoms with E-state index in [1.54, 1.807) is 7.11 Å². The van der Waals surface area contributed by atoms with E-state index < -0.39 is 0 Å². The number of hydrogen-bond donors (Lipinski definition) is 3. The zero-order valence-corrected chi connectivity index (χ0v) is 16.5. The standard InChI is InChI=1S/C21H34N2O3/c1-14(2)15-6-7-19(26-4)16(10-15)20-17-11-23(3)12-18(17)21(13-25,22-20)8-5-9-24/h6-7,10,14,17-18,20,22,24-25H,5,8-9,11-13H2,1-4H3/t17-,18+,20-,21+/m1/s1. The number of ether oxygens (including phenoxy) is 1. The minimum atomic E-state index is -0.332. The number of methoxy groups -OCH3 is 1. The van der Waals surface area contributed by atoms with Crippen LogP contribution in [-0.2, 0) is 0 Å². The minimum absolute atomic E-state index is 0.102. The molecule has 3 rings (SSSR count). The normalized spacial score (nSPS) is 31.6. The molecule has 0 aliphatic carbocycles. The molecule has 0 bridgehead atoms. The lowest BCUT2D eigenvalue weighted by Crippen LogP contribution is -2.50. The van der Waals surface area contributed by atoms with Gasteiger partial charge in [-0.1, -0.05) is 26.0 Å². The Morgan fingerprint density at radius 2 is 2.08 bits per heavy atom. The highest BCUT2D eigenvalue weighted by molar-refractivity contribution is 5.42. The number of aliphatic hydroxyl groups excluding tert-OH is 2. The summed E-state index contributed by atoms with van der Waals surface area (Å²) in [5.41, 5.74) is 2.17. The molecule has 5 heteroatoms. The monoisotopic (exact) mass is 362 g/mol. The minimum Gasteiger partial charge on any atom is -0.496 e. The van der Waals surface area contributed by atoms with Crippen molar-refractivity contribution in [3.63, 3.8) is 0 Å². The van der Waals surface area contributed by atoms with Gasteiger partial charge in [0.15, 0.2) is 0 Å². The quantitative estimate of drug-likeness (QED) is 0.694. The molecule has 4 atom stereocenters. The van der Waals surface area contributed by atoms with Gasteiger partial charge in [-0.3, -0.25) is 0 Å². The Morgan fingerprint density at radius 3 is 2.69 bits per heavy atom. The van der Waals surface area contributed by atoms with Crippen LogP contribution in [-0.4, -0.2) is 61.1 Å². The number of likely N-dealkylation sites (tertiary alicyclic amines) is 1. The molecule has 2 heterocycles. The number of benzene rings is 1. The molecule has 2 aliphatic heterocycles. The van der Waals surface area contributed by atoms with Crippen molar-refractivity contribution in [1.82, 2.24) is 10.2 Å². The average molecular weight is 363 g/mol. The van der Waals surface area contributed by atoms with Crippen molar-refractivity contribution in [2.45, 2.75) is 44.2 Å². The predicted octanol–water partition coefficient (Wildman–Crippen LogP) is 2.14. The van der Waals surface area contributed by atoms with Crippen LogP contribution in [0, 0.1) is 11.8 Å². The lowest BCUT2D eigenvalue weighted by molar-refractivity contribution is 0.112. The summed E-state index contributed by atoms with van der Waals surface area (Å²) in [7, 11) is 3.89. The molecule has 2 aliphatic rings. The molecule has 0 radical (unpaired) electrons. The molecule has 3 N–H and O–H groups in total. The van der Waals surface area contributed by atoms with Gasteiger partial charge in [-0.15, -0.1) is 0 Å². The van der Waals surface area contributed by atoms with Gasteiger partial charge in [0.05, 0.1) is 13.7 Å². The summed E-state index contributed by atoms with van der Waals surface area (Å²) in [4.78, 5) is 2.37. The maximum Gasteiger partial charge on any atom is 0.123 e. The van der Waals surface area contributed by atoms with Crippen LogP contribution in [0.3, 0.4) is 0 Å². The van der Waals surface area contributed by atoms with Crippen LogP contribution in [0.4, 0.5) is 0 Å². The van der Waals surface area contributed by atoms with Crippen molar-refractivity contribution in [1.29, 1.82) is 0 Å². The molecular weight excluding hydrogens is 328 g/mol. The lowest BCUT2D eigenvalue weighted by Gasteiger charge is -2.34. The van der Waals surface area contributed by atoms with E-state index in [-0.39, 0.29) is 24.8 Å². The second-order valence-electron chi connectivity index (χ2n) is 8.41. The molecule has 1 aromatic carbocycles. The molecular formula is C21H34N2O3. The molecule has 0 saturated carbocycles. The van der Waals surface area contributed by atoms with E-state index >= 15 is 0 Å². The van der Waals surface area contributed by atoms with Gasteiger partial charge in [0.25, 0.3) is 0 Å². The Hall–Kier alpha value is -1.14. The number of hydrogen-bond acceptors (Lipinski definition) is 5. The highest BCUT2D eigenvalue weighted by Crippen LogP contribution is 2.50. The summed E-state index contributed by atoms with van der Waals surface area (Å²) in [5.74, 6) is 2.18. The number of aliphatic hydroxyl groups is 2. The maximum absolute atomic E-state index is 10.3. The fourth-order valence-corrected chi connectivity index (χ4v) is 5.04. The van der Waals surface area contributed by atoms with Crippen molar-refractivity contribution in [2.75, 3.05) is 40.5 Å².